The number of carbonyl (C=O) groups is 2. The maximum absolute atomic E-state index is 12.0. The quantitative estimate of drug-likeness (QED) is 0.251. The van der Waals surface area contributed by atoms with Crippen molar-refractivity contribution in [1.82, 2.24) is 5.32 Å². The van der Waals surface area contributed by atoms with Crippen molar-refractivity contribution < 1.29 is 70.5 Å². The van der Waals surface area contributed by atoms with Crippen LogP contribution in [0.2, 0.25) is 0 Å². The Balaban J connectivity index is 3.05. The Labute approximate surface area is 177 Å². The monoisotopic (exact) mass is 421 g/mol. The highest BCUT2D eigenvalue weighted by molar-refractivity contribution is 5.73. The minimum absolute atomic E-state index is 0.421. The fraction of sp³-hybridized carbons (Fsp3) is 0.875. The lowest BCUT2D eigenvalue weighted by atomic mass is 9.92. The molecule has 12 heteroatoms. The molecular formula is C16H27NO11. The number of aliphatic carboxylic acids is 1. The number of carboxylic acids is 1. The second kappa shape index (κ2) is 9.41. The summed E-state index contributed by atoms with van der Waals surface area (Å²) in [6.45, 7) is -3.21. The lowest BCUT2D eigenvalue weighted by Gasteiger charge is -2.47. The molecule has 1 amide bonds. The van der Waals surface area contributed by atoms with Crippen molar-refractivity contribution in [2.45, 2.75) is 74.8 Å². The summed E-state index contributed by atoms with van der Waals surface area (Å²) in [5, 5.41) is 53.5. The Morgan fingerprint density at radius 1 is 1.18 bits per heavy atom. The number of carboxylic acid groups (broad SMARTS) is 1. The average molecular weight is 421 g/mol. The Morgan fingerprint density at radius 3 is 2.32 bits per heavy atom. The molecule has 0 aromatic heterocycles. The predicted molar refractivity (Wildman–Crippen MR) is 89.0 cm³/mol. The van der Waals surface area contributed by atoms with E-state index >= 15 is 0 Å². The first-order valence-electron chi connectivity index (χ1n) is 13.4. The fourth-order valence-corrected chi connectivity index (χ4v) is 2.12. The summed E-state index contributed by atoms with van der Waals surface area (Å²) in [6.07, 6.45) is -39.2. The number of amides is 1. The summed E-state index contributed by atoms with van der Waals surface area (Å²) in [5.41, 5.74) is 0. The van der Waals surface area contributed by atoms with Crippen LogP contribution in [0.15, 0.2) is 0 Å². The van der Waals surface area contributed by atoms with E-state index in [1.165, 1.54) is 5.32 Å². The van der Waals surface area contributed by atoms with E-state index in [4.69, 9.17) is 21.2 Å². The second-order valence-corrected chi connectivity index (χ2v) is 5.19. The van der Waals surface area contributed by atoms with E-state index in [1.807, 2.05) is 0 Å². The van der Waals surface area contributed by atoms with Crippen LogP contribution >= 0.6 is 0 Å². The smallest absolute Gasteiger partial charge is 0.335 e. The Hall–Kier alpha value is -1.38. The van der Waals surface area contributed by atoms with Gasteiger partial charge in [-0.05, 0) is 6.92 Å². The largest absolute Gasteiger partial charge is 0.479 e. The van der Waals surface area contributed by atoms with Gasteiger partial charge in [-0.1, -0.05) is 0 Å². The van der Waals surface area contributed by atoms with Crippen molar-refractivity contribution in [2.24, 2.45) is 0 Å². The molecule has 2 rings (SSSR count). The second-order valence-electron chi connectivity index (χ2n) is 5.19. The van der Waals surface area contributed by atoms with Gasteiger partial charge in [-0.3, -0.25) is 4.79 Å². The van der Waals surface area contributed by atoms with Gasteiger partial charge >= 0.3 is 5.97 Å². The van der Waals surface area contributed by atoms with Crippen molar-refractivity contribution in [3.05, 3.63) is 0 Å². The molecule has 0 aromatic rings. The third-order valence-electron chi connectivity index (χ3n) is 3.29. The average Bonchev–Trinajstić information content (AvgIpc) is 2.74. The summed E-state index contributed by atoms with van der Waals surface area (Å²) in [5.74, 6) is -4.03. The number of ether oxygens (including phenoxy) is 4. The van der Waals surface area contributed by atoms with Crippen LogP contribution in [0.1, 0.15) is 30.3 Å². The fourth-order valence-electron chi connectivity index (χ4n) is 2.12. The molecule has 28 heavy (non-hydrogen) atoms. The SMILES string of the molecule is [2H]C([2H])(O)C1([2H])O[C@@]([2H])(C)C([2H])(NC(C)=O)[C@@]([2H])(O[C@]2([2H])OC([2H])(C(=O)O)[C@@]([2H])(OC)[C@]([2H])(O)C2([2H])O)[C@]1([2H])O. The number of rotatable bonds is 6. The summed E-state index contributed by atoms with van der Waals surface area (Å²) in [6, 6.07) is -3.89. The van der Waals surface area contributed by atoms with Gasteiger partial charge in [0.2, 0.25) is 5.91 Å². The number of hydrogen-bond acceptors (Lipinski definition) is 10. The molecule has 0 saturated carbocycles. The lowest BCUT2D eigenvalue weighted by molar-refractivity contribution is -0.327. The summed E-state index contributed by atoms with van der Waals surface area (Å²) >= 11 is 0. The highest BCUT2D eigenvalue weighted by Gasteiger charge is 2.52. The molecule has 0 bridgehead atoms. The van der Waals surface area contributed by atoms with Gasteiger partial charge in [0.25, 0.3) is 0 Å². The molecule has 0 aromatic carbocycles. The molecule has 2 fully saturated rings. The zero-order chi connectivity index (χ0) is 32.2. The van der Waals surface area contributed by atoms with E-state index in [2.05, 4.69) is 14.2 Å². The first-order chi connectivity index (χ1) is 17.3. The van der Waals surface area contributed by atoms with Crippen LogP contribution < -0.4 is 5.32 Å². The molecule has 2 heterocycles. The number of aliphatic hydroxyl groups is 4. The van der Waals surface area contributed by atoms with Crippen LogP contribution in [0.3, 0.4) is 0 Å². The zero-order valence-corrected chi connectivity index (χ0v) is 14.7. The van der Waals surface area contributed by atoms with Crippen LogP contribution in [-0.2, 0) is 28.5 Å². The van der Waals surface area contributed by atoms with Crippen molar-refractivity contribution >= 4 is 11.9 Å². The van der Waals surface area contributed by atoms with Gasteiger partial charge in [0.05, 0.1) is 35.1 Å². The topological polar surface area (TPSA) is 184 Å². The first-order valence-corrected chi connectivity index (χ1v) is 7.36. The van der Waals surface area contributed by atoms with Gasteiger partial charge in [-0.2, -0.15) is 0 Å². The van der Waals surface area contributed by atoms with Crippen molar-refractivity contribution in [2.75, 3.05) is 13.7 Å². The predicted octanol–water partition coefficient (Wildman–Crippen LogP) is -3.44. The summed E-state index contributed by atoms with van der Waals surface area (Å²) in [4.78, 5) is 23.9. The van der Waals surface area contributed by atoms with Gasteiger partial charge < -0.3 is 49.8 Å². The molecule has 162 valence electrons. The van der Waals surface area contributed by atoms with Crippen LogP contribution in [-0.4, -0.2) is 112 Å². The van der Waals surface area contributed by atoms with Gasteiger partial charge in [0.1, 0.15) is 36.5 Å². The normalized spacial score (nSPS) is 77.1. The number of methoxy groups -OCH3 is 1. The summed E-state index contributed by atoms with van der Waals surface area (Å²) in [7, 11) is 0.428. The van der Waals surface area contributed by atoms with Crippen LogP contribution in [0.4, 0.5) is 0 Å². The molecular weight excluding hydrogens is 382 g/mol. The molecule has 6 N–H and O–H groups in total. The highest BCUT2D eigenvalue weighted by Crippen LogP contribution is 2.30. The first kappa shape index (κ1) is 11.1. The molecule has 0 radical (unpaired) electrons. The maximum atomic E-state index is 12.0. The Kier molecular flexibility index (Phi) is 3.74. The molecule has 2 aliphatic rings. The van der Waals surface area contributed by atoms with E-state index in [1.54, 1.807) is 0 Å². The molecule has 10 atom stereocenters. The standard InChI is InChI=1S/C16H27NO11/c1-5-8(17-6(2)19)12(9(20)7(4-18)26-5)27-16-11(22)10(21)13(25-3)14(28-16)15(23)24/h5,7-14,16,18,20-22H,4H2,1-3H3,(H,17,19)(H,23,24)/t5-,7?,8?,9+,10+,11?,12+,13-,14?,16+/m0/s1/i4D2,5D,7D,8D,9D,10D,11D,12D,13D,14D,16D. The third-order valence-corrected chi connectivity index (χ3v) is 3.29. The molecule has 4 unspecified atom stereocenters. The van der Waals surface area contributed by atoms with Gasteiger partial charge in [0.15, 0.2) is 12.3 Å². The van der Waals surface area contributed by atoms with Crippen LogP contribution in [0.5, 0.6) is 0 Å². The Morgan fingerprint density at radius 2 is 1.82 bits per heavy atom. The molecule has 12 nitrogen and oxygen atoms in total. The zero-order valence-electron chi connectivity index (χ0n) is 26.7. The van der Waals surface area contributed by atoms with E-state index in [9.17, 15) is 35.1 Å². The Bertz CT molecular complexity index is 1090. The number of nitrogens with one attached hydrogen (secondary N) is 1. The minimum Gasteiger partial charge on any atom is -0.479 e. The number of carbonyl (C=O) groups excluding carboxylic acids is 1. The molecule has 0 spiro atoms. The van der Waals surface area contributed by atoms with Crippen LogP contribution in [0.25, 0.3) is 0 Å². The van der Waals surface area contributed by atoms with Gasteiger partial charge in [-0.15, -0.1) is 0 Å². The lowest BCUT2D eigenvalue weighted by Crippen LogP contribution is -2.67. The molecule has 2 saturated heterocycles. The van der Waals surface area contributed by atoms with E-state index in [0.29, 0.717) is 21.0 Å². The minimum atomic E-state index is -4.69. The van der Waals surface area contributed by atoms with Crippen molar-refractivity contribution in [1.29, 1.82) is 0 Å². The number of hydrogen-bond donors (Lipinski definition) is 6. The van der Waals surface area contributed by atoms with Crippen LogP contribution in [0, 0.1) is 0 Å². The van der Waals surface area contributed by atoms with E-state index < -0.39 is 79.4 Å². The third kappa shape index (κ3) is 4.60. The van der Waals surface area contributed by atoms with Gasteiger partial charge in [0, 0.05) is 14.0 Å². The summed E-state index contributed by atoms with van der Waals surface area (Å²) < 4.78 is 116. The van der Waals surface area contributed by atoms with Gasteiger partial charge in [-0.25, -0.2) is 4.79 Å². The molecule has 2 aliphatic heterocycles. The molecule has 0 aliphatic carbocycles. The van der Waals surface area contributed by atoms with E-state index in [0.717, 1.165) is 0 Å². The highest BCUT2D eigenvalue weighted by atomic mass is 16.7. The maximum Gasteiger partial charge on any atom is 0.335 e. The van der Waals surface area contributed by atoms with Crippen molar-refractivity contribution in [3.8, 4) is 0 Å². The van der Waals surface area contributed by atoms with Crippen molar-refractivity contribution in [3.63, 3.8) is 0 Å². The van der Waals surface area contributed by atoms with E-state index in [-0.39, 0.29) is 0 Å².